The molecule has 0 aromatic heterocycles. The molecule has 0 heterocycles. The minimum Gasteiger partial charge on any atom is -0.314 e. The predicted molar refractivity (Wildman–Crippen MR) is 65.6 cm³/mol. The fourth-order valence-electron chi connectivity index (χ4n) is 1.48. The first-order valence-electron chi connectivity index (χ1n) is 5.30. The molecule has 0 aliphatic heterocycles. The summed E-state index contributed by atoms with van der Waals surface area (Å²) in [4.78, 5) is 0. The quantitative estimate of drug-likeness (QED) is 0.866. The third-order valence-corrected chi connectivity index (χ3v) is 2.78. The van der Waals surface area contributed by atoms with E-state index in [1.54, 1.807) is 0 Å². The molecular formula is C12H17BrFN. The molecule has 0 amide bonds. The van der Waals surface area contributed by atoms with Gasteiger partial charge in [-0.1, -0.05) is 28.9 Å². The van der Waals surface area contributed by atoms with Crippen LogP contribution in [0.1, 0.15) is 25.8 Å². The third-order valence-electron chi connectivity index (χ3n) is 2.28. The third kappa shape index (κ3) is 4.31. The first-order valence-corrected chi connectivity index (χ1v) is 6.10. The molecular weight excluding hydrogens is 257 g/mol. The molecule has 0 aliphatic carbocycles. The molecule has 1 N–H and O–H groups in total. The lowest BCUT2D eigenvalue weighted by atomic mass is 10.1. The zero-order valence-corrected chi connectivity index (χ0v) is 10.8. The van der Waals surface area contributed by atoms with Gasteiger partial charge >= 0.3 is 0 Å². The van der Waals surface area contributed by atoms with Gasteiger partial charge in [-0.25, -0.2) is 4.39 Å². The standard InChI is InChI=1S/C12H17BrFN/c1-3-6-15-9(2)7-10-4-5-11(13)8-12(10)14/h4-5,8-9,15H,3,6-7H2,1-2H3. The predicted octanol–water partition coefficient (Wildman–Crippen LogP) is 3.52. The minimum absolute atomic E-state index is 0.130. The van der Waals surface area contributed by atoms with Crippen LogP contribution in [0.3, 0.4) is 0 Å². The minimum atomic E-state index is -0.130. The maximum atomic E-state index is 13.5. The molecule has 3 heteroatoms. The number of rotatable bonds is 5. The summed E-state index contributed by atoms with van der Waals surface area (Å²) in [6, 6.07) is 5.55. The summed E-state index contributed by atoms with van der Waals surface area (Å²) >= 11 is 3.25. The van der Waals surface area contributed by atoms with Crippen molar-refractivity contribution in [3.8, 4) is 0 Å². The fourth-order valence-corrected chi connectivity index (χ4v) is 1.81. The van der Waals surface area contributed by atoms with Gasteiger partial charge in [0.2, 0.25) is 0 Å². The number of halogens is 2. The molecule has 1 atom stereocenters. The van der Waals surface area contributed by atoms with Gasteiger partial charge in [-0.2, -0.15) is 0 Å². The molecule has 1 nitrogen and oxygen atoms in total. The fraction of sp³-hybridized carbons (Fsp3) is 0.500. The Morgan fingerprint density at radius 1 is 1.47 bits per heavy atom. The van der Waals surface area contributed by atoms with Gasteiger partial charge in [-0.05, 0) is 44.0 Å². The normalized spacial score (nSPS) is 12.8. The van der Waals surface area contributed by atoms with Crippen molar-refractivity contribution >= 4 is 15.9 Å². The zero-order chi connectivity index (χ0) is 11.3. The summed E-state index contributed by atoms with van der Waals surface area (Å²) in [6.07, 6.45) is 1.84. The Hall–Kier alpha value is -0.410. The number of nitrogens with one attached hydrogen (secondary N) is 1. The Balaban J connectivity index is 2.56. The summed E-state index contributed by atoms with van der Waals surface area (Å²) in [6.45, 7) is 5.19. The van der Waals surface area contributed by atoms with Crippen molar-refractivity contribution in [2.24, 2.45) is 0 Å². The molecule has 1 rings (SSSR count). The van der Waals surface area contributed by atoms with Gasteiger partial charge in [0.1, 0.15) is 5.82 Å². The van der Waals surface area contributed by atoms with Crippen molar-refractivity contribution in [3.05, 3.63) is 34.1 Å². The van der Waals surface area contributed by atoms with Crippen LogP contribution in [-0.2, 0) is 6.42 Å². The lowest BCUT2D eigenvalue weighted by Gasteiger charge is -2.13. The van der Waals surface area contributed by atoms with Crippen molar-refractivity contribution < 1.29 is 4.39 Å². The van der Waals surface area contributed by atoms with Crippen LogP contribution in [0.4, 0.5) is 4.39 Å². The van der Waals surface area contributed by atoms with E-state index in [1.807, 2.05) is 12.1 Å². The van der Waals surface area contributed by atoms with Gasteiger partial charge in [0.25, 0.3) is 0 Å². The lowest BCUT2D eigenvalue weighted by molar-refractivity contribution is 0.525. The average Bonchev–Trinajstić information content (AvgIpc) is 2.19. The molecule has 0 spiro atoms. The highest BCUT2D eigenvalue weighted by atomic mass is 79.9. The molecule has 0 saturated carbocycles. The molecule has 1 aromatic rings. The molecule has 0 aliphatic rings. The van der Waals surface area contributed by atoms with Crippen LogP contribution in [0.5, 0.6) is 0 Å². The SMILES string of the molecule is CCCNC(C)Cc1ccc(Br)cc1F. The van der Waals surface area contributed by atoms with E-state index in [2.05, 4.69) is 35.1 Å². The summed E-state index contributed by atoms with van der Waals surface area (Å²) in [7, 11) is 0. The monoisotopic (exact) mass is 273 g/mol. The highest BCUT2D eigenvalue weighted by molar-refractivity contribution is 9.10. The second kappa shape index (κ2) is 6.23. The second-order valence-electron chi connectivity index (χ2n) is 3.80. The van der Waals surface area contributed by atoms with Crippen molar-refractivity contribution in [3.63, 3.8) is 0 Å². The summed E-state index contributed by atoms with van der Waals surface area (Å²) in [5.41, 5.74) is 0.773. The number of hydrogen-bond acceptors (Lipinski definition) is 1. The first kappa shape index (κ1) is 12.7. The molecule has 0 radical (unpaired) electrons. The Labute approximate surface area is 99.2 Å². The number of benzene rings is 1. The Bertz CT molecular complexity index is 314. The second-order valence-corrected chi connectivity index (χ2v) is 4.71. The van der Waals surface area contributed by atoms with E-state index in [4.69, 9.17) is 0 Å². The van der Waals surface area contributed by atoms with Gasteiger partial charge in [0.15, 0.2) is 0 Å². The Kier molecular flexibility index (Phi) is 5.26. The van der Waals surface area contributed by atoms with Crippen molar-refractivity contribution in [1.82, 2.24) is 5.32 Å². The average molecular weight is 274 g/mol. The summed E-state index contributed by atoms with van der Waals surface area (Å²) < 4.78 is 14.3. The van der Waals surface area contributed by atoms with E-state index in [1.165, 1.54) is 6.07 Å². The highest BCUT2D eigenvalue weighted by Crippen LogP contribution is 2.16. The van der Waals surface area contributed by atoms with E-state index < -0.39 is 0 Å². The maximum absolute atomic E-state index is 13.5. The largest absolute Gasteiger partial charge is 0.314 e. The van der Waals surface area contributed by atoms with Gasteiger partial charge in [0.05, 0.1) is 0 Å². The van der Waals surface area contributed by atoms with Gasteiger partial charge in [0, 0.05) is 10.5 Å². The van der Waals surface area contributed by atoms with Crippen LogP contribution in [0.15, 0.2) is 22.7 Å². The molecule has 84 valence electrons. The van der Waals surface area contributed by atoms with Crippen LogP contribution >= 0.6 is 15.9 Å². The molecule has 0 bridgehead atoms. The van der Waals surface area contributed by atoms with Crippen LogP contribution < -0.4 is 5.32 Å². The smallest absolute Gasteiger partial charge is 0.127 e. The number of hydrogen-bond donors (Lipinski definition) is 1. The van der Waals surface area contributed by atoms with Crippen molar-refractivity contribution in [2.45, 2.75) is 32.7 Å². The lowest BCUT2D eigenvalue weighted by Crippen LogP contribution is -2.28. The van der Waals surface area contributed by atoms with E-state index in [0.717, 1.165) is 29.4 Å². The van der Waals surface area contributed by atoms with Gasteiger partial charge < -0.3 is 5.32 Å². The van der Waals surface area contributed by atoms with E-state index in [0.29, 0.717) is 6.04 Å². The molecule has 1 unspecified atom stereocenters. The van der Waals surface area contributed by atoms with Gasteiger partial charge in [-0.15, -0.1) is 0 Å². The molecule has 15 heavy (non-hydrogen) atoms. The van der Waals surface area contributed by atoms with Crippen LogP contribution in [0.2, 0.25) is 0 Å². The van der Waals surface area contributed by atoms with E-state index >= 15 is 0 Å². The summed E-state index contributed by atoms with van der Waals surface area (Å²) in [5, 5.41) is 3.34. The van der Waals surface area contributed by atoms with Crippen molar-refractivity contribution in [2.75, 3.05) is 6.54 Å². The van der Waals surface area contributed by atoms with Crippen LogP contribution in [0, 0.1) is 5.82 Å². The van der Waals surface area contributed by atoms with E-state index in [9.17, 15) is 4.39 Å². The Morgan fingerprint density at radius 2 is 2.20 bits per heavy atom. The highest BCUT2D eigenvalue weighted by Gasteiger charge is 2.07. The zero-order valence-electron chi connectivity index (χ0n) is 9.19. The maximum Gasteiger partial charge on any atom is 0.127 e. The Morgan fingerprint density at radius 3 is 2.80 bits per heavy atom. The van der Waals surface area contributed by atoms with Crippen molar-refractivity contribution in [1.29, 1.82) is 0 Å². The molecule has 0 fully saturated rings. The first-order chi connectivity index (χ1) is 7.13. The molecule has 1 aromatic carbocycles. The topological polar surface area (TPSA) is 12.0 Å². The summed E-state index contributed by atoms with van der Waals surface area (Å²) in [5.74, 6) is -0.130. The van der Waals surface area contributed by atoms with Gasteiger partial charge in [-0.3, -0.25) is 0 Å². The van der Waals surface area contributed by atoms with Crippen LogP contribution in [-0.4, -0.2) is 12.6 Å². The van der Waals surface area contributed by atoms with E-state index in [-0.39, 0.29) is 5.82 Å². The van der Waals surface area contributed by atoms with Crippen LogP contribution in [0.25, 0.3) is 0 Å². The molecule has 0 saturated heterocycles.